The van der Waals surface area contributed by atoms with Crippen LogP contribution in [0.3, 0.4) is 0 Å². The van der Waals surface area contributed by atoms with Crippen molar-refractivity contribution in [3.8, 4) is 5.75 Å². The summed E-state index contributed by atoms with van der Waals surface area (Å²) in [6.07, 6.45) is 3.47. The first-order chi connectivity index (χ1) is 10.2. The molecule has 0 atom stereocenters. The second-order valence-corrected chi connectivity index (χ2v) is 5.17. The van der Waals surface area contributed by atoms with Crippen molar-refractivity contribution in [3.63, 3.8) is 0 Å². The summed E-state index contributed by atoms with van der Waals surface area (Å²) in [4.78, 5) is 0. The van der Waals surface area contributed by atoms with Crippen LogP contribution in [0.5, 0.6) is 5.75 Å². The summed E-state index contributed by atoms with van der Waals surface area (Å²) in [7, 11) is 0. The standard InChI is InChI=1S/C18H22FNO/c1-2-3-4-14-6-9-17(10-7-14)21-13-16-8-5-15(12-20)11-18(16)19/h5-11H,2-4,12-13,20H2,1H3. The van der Waals surface area contributed by atoms with Crippen molar-refractivity contribution in [3.05, 3.63) is 65.0 Å². The first kappa shape index (κ1) is 15.5. The molecule has 2 N–H and O–H groups in total. The average molecular weight is 287 g/mol. The number of benzene rings is 2. The molecule has 0 saturated carbocycles. The number of ether oxygens (including phenoxy) is 1. The van der Waals surface area contributed by atoms with Crippen molar-refractivity contribution in [1.82, 2.24) is 0 Å². The highest BCUT2D eigenvalue weighted by molar-refractivity contribution is 5.28. The number of aryl methyl sites for hydroxylation is 1. The Bertz CT molecular complexity index is 566. The molecule has 2 aromatic rings. The molecule has 3 heteroatoms. The average Bonchev–Trinajstić information content (AvgIpc) is 2.52. The maximum absolute atomic E-state index is 13.8. The highest BCUT2D eigenvalue weighted by atomic mass is 19.1. The van der Waals surface area contributed by atoms with Crippen LogP contribution >= 0.6 is 0 Å². The summed E-state index contributed by atoms with van der Waals surface area (Å²) in [6, 6.07) is 13.0. The monoisotopic (exact) mass is 287 g/mol. The third-order valence-corrected chi connectivity index (χ3v) is 3.49. The van der Waals surface area contributed by atoms with Gasteiger partial charge < -0.3 is 10.5 Å². The van der Waals surface area contributed by atoms with E-state index >= 15 is 0 Å². The molecule has 0 saturated heterocycles. The molecule has 2 aromatic carbocycles. The van der Waals surface area contributed by atoms with Gasteiger partial charge in [-0.1, -0.05) is 37.6 Å². The normalized spacial score (nSPS) is 10.6. The molecule has 112 valence electrons. The lowest BCUT2D eigenvalue weighted by molar-refractivity contribution is 0.299. The number of rotatable bonds is 7. The zero-order valence-electron chi connectivity index (χ0n) is 12.4. The fraction of sp³-hybridized carbons (Fsp3) is 0.333. The minimum absolute atomic E-state index is 0.227. The first-order valence-electron chi connectivity index (χ1n) is 7.42. The molecule has 21 heavy (non-hydrogen) atoms. The topological polar surface area (TPSA) is 35.2 Å². The number of hydrogen-bond acceptors (Lipinski definition) is 2. The van der Waals surface area contributed by atoms with Gasteiger partial charge in [0.2, 0.25) is 0 Å². The Morgan fingerprint density at radius 2 is 1.76 bits per heavy atom. The van der Waals surface area contributed by atoms with E-state index in [-0.39, 0.29) is 12.4 Å². The van der Waals surface area contributed by atoms with Crippen molar-refractivity contribution in [2.45, 2.75) is 39.3 Å². The van der Waals surface area contributed by atoms with Gasteiger partial charge in [-0.3, -0.25) is 0 Å². The lowest BCUT2D eigenvalue weighted by atomic mass is 10.1. The Kier molecular flexibility index (Phi) is 5.76. The number of unbranched alkanes of at least 4 members (excludes halogenated alkanes) is 1. The zero-order chi connectivity index (χ0) is 15.1. The van der Waals surface area contributed by atoms with Crippen molar-refractivity contribution >= 4 is 0 Å². The van der Waals surface area contributed by atoms with Gasteiger partial charge in [-0.25, -0.2) is 4.39 Å². The first-order valence-corrected chi connectivity index (χ1v) is 7.42. The van der Waals surface area contributed by atoms with Crippen molar-refractivity contribution in [1.29, 1.82) is 0 Å². The summed E-state index contributed by atoms with van der Waals surface area (Å²) in [5.41, 5.74) is 8.12. The molecule has 0 bridgehead atoms. The molecule has 0 aliphatic carbocycles. The molecule has 0 spiro atoms. The lowest BCUT2D eigenvalue weighted by Crippen LogP contribution is -2.02. The van der Waals surface area contributed by atoms with E-state index < -0.39 is 0 Å². The second kappa shape index (κ2) is 7.79. The largest absolute Gasteiger partial charge is 0.489 e. The summed E-state index contributed by atoms with van der Waals surface area (Å²) in [5.74, 6) is 0.495. The second-order valence-electron chi connectivity index (χ2n) is 5.17. The number of hydrogen-bond donors (Lipinski definition) is 1. The van der Waals surface area contributed by atoms with Crippen LogP contribution in [0.4, 0.5) is 4.39 Å². The van der Waals surface area contributed by atoms with Crippen molar-refractivity contribution in [2.24, 2.45) is 5.73 Å². The molecular weight excluding hydrogens is 265 g/mol. The van der Waals surface area contributed by atoms with E-state index in [2.05, 4.69) is 19.1 Å². The molecule has 0 fully saturated rings. The van der Waals surface area contributed by atoms with Crippen LogP contribution in [0.15, 0.2) is 42.5 Å². The molecule has 0 aliphatic rings. The smallest absolute Gasteiger partial charge is 0.130 e. The predicted molar refractivity (Wildman–Crippen MR) is 83.7 cm³/mol. The van der Waals surface area contributed by atoms with Crippen LogP contribution in [0.1, 0.15) is 36.5 Å². The van der Waals surface area contributed by atoms with Gasteiger partial charge >= 0.3 is 0 Å². The van der Waals surface area contributed by atoms with E-state index in [9.17, 15) is 4.39 Å². The molecule has 0 amide bonds. The van der Waals surface area contributed by atoms with E-state index in [4.69, 9.17) is 10.5 Å². The minimum atomic E-state index is -0.266. The van der Waals surface area contributed by atoms with E-state index in [0.29, 0.717) is 12.1 Å². The molecule has 0 radical (unpaired) electrons. The van der Waals surface area contributed by atoms with Crippen LogP contribution in [0, 0.1) is 5.82 Å². The van der Waals surface area contributed by atoms with Gasteiger partial charge in [0.15, 0.2) is 0 Å². The number of halogens is 1. The van der Waals surface area contributed by atoms with Crippen LogP contribution in [-0.4, -0.2) is 0 Å². The van der Waals surface area contributed by atoms with Gasteiger partial charge in [0, 0.05) is 12.1 Å². The molecular formula is C18H22FNO. The maximum atomic E-state index is 13.8. The van der Waals surface area contributed by atoms with Crippen molar-refractivity contribution < 1.29 is 9.13 Å². The Hall–Kier alpha value is -1.87. The van der Waals surface area contributed by atoms with Gasteiger partial charge in [0.25, 0.3) is 0 Å². The maximum Gasteiger partial charge on any atom is 0.130 e. The predicted octanol–water partition coefficient (Wildman–Crippen LogP) is 4.21. The highest BCUT2D eigenvalue weighted by Crippen LogP contribution is 2.17. The summed E-state index contributed by atoms with van der Waals surface area (Å²) >= 11 is 0. The van der Waals surface area contributed by atoms with Crippen molar-refractivity contribution in [2.75, 3.05) is 0 Å². The SMILES string of the molecule is CCCCc1ccc(OCc2ccc(CN)cc2F)cc1. The quantitative estimate of drug-likeness (QED) is 0.828. The van der Waals surface area contributed by atoms with Crippen LogP contribution in [0.2, 0.25) is 0 Å². The molecule has 0 aliphatic heterocycles. The van der Waals surface area contributed by atoms with E-state index in [1.807, 2.05) is 18.2 Å². The van der Waals surface area contributed by atoms with Crippen LogP contribution < -0.4 is 10.5 Å². The third kappa shape index (κ3) is 4.57. The van der Waals surface area contributed by atoms with Gasteiger partial charge in [-0.05, 0) is 42.2 Å². The zero-order valence-corrected chi connectivity index (χ0v) is 12.4. The van der Waals surface area contributed by atoms with Gasteiger partial charge in [-0.15, -0.1) is 0 Å². The fourth-order valence-electron chi connectivity index (χ4n) is 2.13. The molecule has 0 unspecified atom stereocenters. The van der Waals surface area contributed by atoms with Gasteiger partial charge in [0.05, 0.1) is 0 Å². The molecule has 0 aromatic heterocycles. The Balaban J connectivity index is 1.93. The van der Waals surface area contributed by atoms with Crippen LogP contribution in [-0.2, 0) is 19.6 Å². The van der Waals surface area contributed by atoms with E-state index in [0.717, 1.165) is 17.7 Å². The minimum Gasteiger partial charge on any atom is -0.489 e. The fourth-order valence-corrected chi connectivity index (χ4v) is 2.13. The number of nitrogens with two attached hydrogens (primary N) is 1. The third-order valence-electron chi connectivity index (χ3n) is 3.49. The highest BCUT2D eigenvalue weighted by Gasteiger charge is 2.04. The van der Waals surface area contributed by atoms with Gasteiger partial charge in [-0.2, -0.15) is 0 Å². The summed E-state index contributed by atoms with van der Waals surface area (Å²) in [5, 5.41) is 0. The Morgan fingerprint density at radius 3 is 2.38 bits per heavy atom. The molecule has 2 nitrogen and oxygen atoms in total. The van der Waals surface area contributed by atoms with E-state index in [1.54, 1.807) is 6.07 Å². The van der Waals surface area contributed by atoms with Gasteiger partial charge in [0.1, 0.15) is 18.2 Å². The lowest BCUT2D eigenvalue weighted by Gasteiger charge is -2.09. The Labute approximate surface area is 125 Å². The van der Waals surface area contributed by atoms with Crippen LogP contribution in [0.25, 0.3) is 0 Å². The Morgan fingerprint density at radius 1 is 1.05 bits per heavy atom. The summed E-state index contributed by atoms with van der Waals surface area (Å²) in [6.45, 7) is 2.75. The summed E-state index contributed by atoms with van der Waals surface area (Å²) < 4.78 is 19.4. The molecule has 0 heterocycles. The van der Waals surface area contributed by atoms with E-state index in [1.165, 1.54) is 24.5 Å². The molecule has 2 rings (SSSR count).